The Morgan fingerprint density at radius 3 is 2.22 bits per heavy atom. The lowest BCUT2D eigenvalue weighted by atomic mass is 9.94. The number of sulfonamides is 1. The summed E-state index contributed by atoms with van der Waals surface area (Å²) in [6.07, 6.45) is 5.37. The lowest BCUT2D eigenvalue weighted by Gasteiger charge is -2.16. The number of ether oxygens (including phenoxy) is 2. The first-order valence-corrected chi connectivity index (χ1v) is 12.6. The molecule has 7 nitrogen and oxygen atoms in total. The Kier molecular flexibility index (Phi) is 6.60. The highest BCUT2D eigenvalue weighted by Gasteiger charge is 2.42. The van der Waals surface area contributed by atoms with Crippen LogP contribution in [-0.2, 0) is 14.8 Å². The van der Waals surface area contributed by atoms with E-state index in [1.54, 1.807) is 36.4 Å². The standard InChI is InChI=1S/C24H30N2O5S/c1-3-31-20-11-8-18(9-12-20)26-32(28,29)23-14-19(10-13-22(23)30-2)25-24(27)15-21(16-4-5-16)17-6-7-17/h8-14,16-17,21,26H,3-7,15H2,1-2H3,(H,25,27). The predicted molar refractivity (Wildman–Crippen MR) is 124 cm³/mol. The molecule has 0 saturated heterocycles. The van der Waals surface area contributed by atoms with Crippen LogP contribution in [0.3, 0.4) is 0 Å². The van der Waals surface area contributed by atoms with Crippen molar-refractivity contribution in [3.8, 4) is 11.5 Å². The Morgan fingerprint density at radius 2 is 1.66 bits per heavy atom. The van der Waals surface area contributed by atoms with Crippen LogP contribution in [0.15, 0.2) is 47.4 Å². The van der Waals surface area contributed by atoms with Gasteiger partial charge in [0.1, 0.15) is 16.4 Å². The monoisotopic (exact) mass is 458 g/mol. The molecule has 8 heteroatoms. The van der Waals surface area contributed by atoms with Crippen molar-refractivity contribution in [2.45, 2.75) is 43.9 Å². The predicted octanol–water partition coefficient (Wildman–Crippen LogP) is 4.66. The first kappa shape index (κ1) is 22.5. The third-order valence-electron chi connectivity index (χ3n) is 6.03. The summed E-state index contributed by atoms with van der Waals surface area (Å²) in [5, 5.41) is 2.88. The van der Waals surface area contributed by atoms with Gasteiger partial charge in [-0.05, 0) is 92.8 Å². The van der Waals surface area contributed by atoms with Gasteiger partial charge < -0.3 is 14.8 Å². The minimum Gasteiger partial charge on any atom is -0.495 e. The van der Waals surface area contributed by atoms with Crippen LogP contribution in [0.25, 0.3) is 0 Å². The molecule has 2 saturated carbocycles. The Balaban J connectivity index is 1.48. The fourth-order valence-corrected chi connectivity index (χ4v) is 5.41. The maximum absolute atomic E-state index is 13.1. The molecule has 0 aromatic heterocycles. The number of methoxy groups -OCH3 is 1. The summed E-state index contributed by atoms with van der Waals surface area (Å²) in [6.45, 7) is 2.41. The SMILES string of the molecule is CCOc1ccc(NS(=O)(=O)c2cc(NC(=O)CC(C3CC3)C3CC3)ccc2OC)cc1. The number of benzene rings is 2. The normalized spacial score (nSPS) is 16.0. The summed E-state index contributed by atoms with van der Waals surface area (Å²) in [5.41, 5.74) is 0.842. The Labute approximate surface area is 189 Å². The molecule has 2 aromatic carbocycles. The summed E-state index contributed by atoms with van der Waals surface area (Å²) in [6, 6.07) is 11.3. The molecule has 0 atom stereocenters. The number of amides is 1. The van der Waals surface area contributed by atoms with Gasteiger partial charge in [-0.25, -0.2) is 8.42 Å². The van der Waals surface area contributed by atoms with Crippen molar-refractivity contribution in [3.05, 3.63) is 42.5 Å². The summed E-state index contributed by atoms with van der Waals surface area (Å²) >= 11 is 0. The van der Waals surface area contributed by atoms with E-state index in [0.29, 0.717) is 47.9 Å². The summed E-state index contributed by atoms with van der Waals surface area (Å²) in [4.78, 5) is 12.6. The van der Waals surface area contributed by atoms with E-state index in [0.717, 1.165) is 0 Å². The van der Waals surface area contributed by atoms with Gasteiger partial charge in [0.2, 0.25) is 5.91 Å². The van der Waals surface area contributed by atoms with Gasteiger partial charge in [0.25, 0.3) is 10.0 Å². The number of nitrogens with one attached hydrogen (secondary N) is 2. The van der Waals surface area contributed by atoms with Crippen LogP contribution in [0.2, 0.25) is 0 Å². The molecule has 172 valence electrons. The smallest absolute Gasteiger partial charge is 0.265 e. The van der Waals surface area contributed by atoms with Gasteiger partial charge in [-0.3, -0.25) is 9.52 Å². The van der Waals surface area contributed by atoms with Crippen molar-refractivity contribution in [2.75, 3.05) is 23.8 Å². The van der Waals surface area contributed by atoms with Crippen LogP contribution in [0.1, 0.15) is 39.0 Å². The molecule has 1 amide bonds. The third-order valence-corrected chi connectivity index (χ3v) is 7.43. The number of carbonyl (C=O) groups excluding carboxylic acids is 1. The van der Waals surface area contributed by atoms with Crippen LogP contribution in [-0.4, -0.2) is 28.0 Å². The summed E-state index contributed by atoms with van der Waals surface area (Å²) < 4.78 is 39.4. The Hall–Kier alpha value is -2.74. The quantitative estimate of drug-likeness (QED) is 0.511. The number of hydrogen-bond acceptors (Lipinski definition) is 5. The lowest BCUT2D eigenvalue weighted by molar-refractivity contribution is -0.117. The zero-order chi connectivity index (χ0) is 22.7. The highest BCUT2D eigenvalue weighted by atomic mass is 32.2. The molecule has 2 N–H and O–H groups in total. The van der Waals surface area contributed by atoms with Crippen molar-refractivity contribution < 1.29 is 22.7 Å². The van der Waals surface area contributed by atoms with E-state index in [1.165, 1.54) is 38.9 Å². The molecule has 32 heavy (non-hydrogen) atoms. The van der Waals surface area contributed by atoms with Gasteiger partial charge in [0, 0.05) is 17.8 Å². The molecular formula is C24H30N2O5S. The van der Waals surface area contributed by atoms with E-state index < -0.39 is 10.0 Å². The zero-order valence-electron chi connectivity index (χ0n) is 18.5. The van der Waals surface area contributed by atoms with Gasteiger partial charge in [0.15, 0.2) is 0 Å². The first-order chi connectivity index (χ1) is 15.4. The molecule has 4 rings (SSSR count). The molecule has 2 fully saturated rings. The van der Waals surface area contributed by atoms with E-state index in [1.807, 2.05) is 6.92 Å². The minimum atomic E-state index is -3.94. The fourth-order valence-electron chi connectivity index (χ4n) is 4.15. The van der Waals surface area contributed by atoms with E-state index in [-0.39, 0.29) is 16.6 Å². The number of rotatable bonds is 11. The molecular weight excluding hydrogens is 428 g/mol. The molecule has 2 aliphatic rings. The largest absolute Gasteiger partial charge is 0.495 e. The van der Waals surface area contributed by atoms with Crippen molar-refractivity contribution in [1.82, 2.24) is 0 Å². The average molecular weight is 459 g/mol. The first-order valence-electron chi connectivity index (χ1n) is 11.1. The Bertz CT molecular complexity index is 1050. The van der Waals surface area contributed by atoms with Crippen molar-refractivity contribution in [3.63, 3.8) is 0 Å². The summed E-state index contributed by atoms with van der Waals surface area (Å²) in [5.74, 6) is 2.61. The van der Waals surface area contributed by atoms with Crippen molar-refractivity contribution in [1.29, 1.82) is 0 Å². The Morgan fingerprint density at radius 1 is 1.03 bits per heavy atom. The molecule has 0 aliphatic heterocycles. The third kappa shape index (κ3) is 5.54. The van der Waals surface area contributed by atoms with Gasteiger partial charge in [-0.2, -0.15) is 0 Å². The molecule has 0 unspecified atom stereocenters. The second-order valence-corrected chi connectivity index (χ2v) is 10.2. The second kappa shape index (κ2) is 9.40. The minimum absolute atomic E-state index is 0.0346. The van der Waals surface area contributed by atoms with Crippen LogP contribution in [0, 0.1) is 17.8 Å². The number of carbonyl (C=O) groups is 1. The van der Waals surface area contributed by atoms with Gasteiger partial charge >= 0.3 is 0 Å². The van der Waals surface area contributed by atoms with Crippen LogP contribution >= 0.6 is 0 Å². The lowest BCUT2D eigenvalue weighted by Crippen LogP contribution is -2.20. The van der Waals surface area contributed by atoms with E-state index in [4.69, 9.17) is 9.47 Å². The van der Waals surface area contributed by atoms with E-state index in [9.17, 15) is 13.2 Å². The molecule has 2 aromatic rings. The van der Waals surface area contributed by atoms with E-state index >= 15 is 0 Å². The molecule has 0 radical (unpaired) electrons. The average Bonchev–Trinajstić information content (AvgIpc) is 3.67. The zero-order valence-corrected chi connectivity index (χ0v) is 19.3. The van der Waals surface area contributed by atoms with E-state index in [2.05, 4.69) is 10.0 Å². The van der Waals surface area contributed by atoms with Gasteiger partial charge in [-0.1, -0.05) is 0 Å². The maximum atomic E-state index is 13.1. The second-order valence-electron chi connectivity index (χ2n) is 8.52. The van der Waals surface area contributed by atoms with Crippen LogP contribution in [0.5, 0.6) is 11.5 Å². The molecule has 0 heterocycles. The van der Waals surface area contributed by atoms with Crippen LogP contribution < -0.4 is 19.5 Å². The number of hydrogen-bond donors (Lipinski definition) is 2. The number of anilines is 2. The van der Waals surface area contributed by atoms with Crippen molar-refractivity contribution in [2.24, 2.45) is 17.8 Å². The molecule has 0 bridgehead atoms. The topological polar surface area (TPSA) is 93.7 Å². The fraction of sp³-hybridized carbons (Fsp3) is 0.458. The van der Waals surface area contributed by atoms with Gasteiger partial charge in [-0.15, -0.1) is 0 Å². The highest BCUT2D eigenvalue weighted by Crippen LogP contribution is 2.50. The highest BCUT2D eigenvalue weighted by molar-refractivity contribution is 7.92. The van der Waals surface area contributed by atoms with Gasteiger partial charge in [0.05, 0.1) is 13.7 Å². The van der Waals surface area contributed by atoms with Crippen LogP contribution in [0.4, 0.5) is 11.4 Å². The molecule has 0 spiro atoms. The summed E-state index contributed by atoms with van der Waals surface area (Å²) in [7, 11) is -2.52. The maximum Gasteiger partial charge on any atom is 0.265 e. The van der Waals surface area contributed by atoms with Crippen molar-refractivity contribution >= 4 is 27.3 Å². The molecule has 2 aliphatic carbocycles.